The van der Waals surface area contributed by atoms with Gasteiger partial charge in [-0.2, -0.15) is 0 Å². The number of nitrogens with one attached hydrogen (secondary N) is 2. The molecule has 0 aliphatic rings. The summed E-state index contributed by atoms with van der Waals surface area (Å²) in [6.07, 6.45) is 1.12. The fourth-order valence-corrected chi connectivity index (χ4v) is 3.44. The molecule has 3 aromatic rings. The number of anilines is 1. The molecule has 0 aliphatic heterocycles. The summed E-state index contributed by atoms with van der Waals surface area (Å²) in [7, 11) is 0. The summed E-state index contributed by atoms with van der Waals surface area (Å²) in [6, 6.07) is 23.3. The summed E-state index contributed by atoms with van der Waals surface area (Å²) in [6.45, 7) is 0.473. The van der Waals surface area contributed by atoms with Crippen LogP contribution in [-0.4, -0.2) is 58.6 Å². The molecular formula is C28H27ClN2O7. The van der Waals surface area contributed by atoms with E-state index in [2.05, 4.69) is 10.6 Å². The number of carboxylic acids is 2. The van der Waals surface area contributed by atoms with Crippen molar-refractivity contribution in [3.8, 4) is 0 Å². The first-order valence-corrected chi connectivity index (χ1v) is 11.8. The van der Waals surface area contributed by atoms with Crippen molar-refractivity contribution < 1.29 is 34.5 Å². The van der Waals surface area contributed by atoms with Crippen LogP contribution in [0.1, 0.15) is 27.4 Å². The van der Waals surface area contributed by atoms with Gasteiger partial charge >= 0.3 is 11.9 Å². The van der Waals surface area contributed by atoms with Crippen LogP contribution in [0.5, 0.6) is 0 Å². The number of rotatable bonds is 11. The molecule has 0 fully saturated rings. The van der Waals surface area contributed by atoms with Gasteiger partial charge in [0.2, 0.25) is 5.91 Å². The Bertz CT molecular complexity index is 1250. The highest BCUT2D eigenvalue weighted by molar-refractivity contribution is 6.31. The van der Waals surface area contributed by atoms with Gasteiger partial charge in [-0.3, -0.25) is 9.59 Å². The van der Waals surface area contributed by atoms with Gasteiger partial charge in [-0.05, 0) is 23.8 Å². The lowest BCUT2D eigenvalue weighted by atomic mass is 10.0. The summed E-state index contributed by atoms with van der Waals surface area (Å²) in [5.41, 5.74) is 2.25. The third-order valence-corrected chi connectivity index (χ3v) is 5.31. The summed E-state index contributed by atoms with van der Waals surface area (Å²) >= 11 is 6.08. The quantitative estimate of drug-likeness (QED) is 0.183. The second-order valence-corrected chi connectivity index (χ2v) is 8.30. The molecule has 3 aromatic carbocycles. The monoisotopic (exact) mass is 538 g/mol. The molecule has 38 heavy (non-hydrogen) atoms. The number of hydrogen-bond acceptors (Lipinski definition) is 6. The van der Waals surface area contributed by atoms with Gasteiger partial charge in [-0.25, -0.2) is 9.59 Å². The SMILES string of the molecule is O=C(CNCC(CO)c1ccccc1)Nc1ccc(Cl)cc1C(=O)c1ccccc1.O=C(O)/C=C/C(=O)O. The van der Waals surface area contributed by atoms with Crippen molar-refractivity contribution in [2.45, 2.75) is 5.92 Å². The lowest BCUT2D eigenvalue weighted by Crippen LogP contribution is -2.32. The highest BCUT2D eigenvalue weighted by atomic mass is 35.5. The van der Waals surface area contributed by atoms with E-state index in [9.17, 15) is 24.3 Å². The van der Waals surface area contributed by atoms with E-state index >= 15 is 0 Å². The summed E-state index contributed by atoms with van der Waals surface area (Å²) < 4.78 is 0. The number of hydrogen-bond donors (Lipinski definition) is 5. The number of aliphatic carboxylic acids is 2. The third-order valence-electron chi connectivity index (χ3n) is 5.07. The van der Waals surface area contributed by atoms with E-state index in [1.54, 1.807) is 42.5 Å². The van der Waals surface area contributed by atoms with E-state index in [0.717, 1.165) is 5.56 Å². The predicted octanol–water partition coefficient (Wildman–Crippen LogP) is 3.59. The van der Waals surface area contributed by atoms with Gasteiger partial charge < -0.3 is 26.0 Å². The minimum atomic E-state index is -1.26. The Morgan fingerprint density at radius 3 is 1.97 bits per heavy atom. The van der Waals surface area contributed by atoms with Crippen LogP contribution in [0.3, 0.4) is 0 Å². The van der Waals surface area contributed by atoms with Crippen LogP contribution >= 0.6 is 11.6 Å². The average Bonchev–Trinajstić information content (AvgIpc) is 2.92. The summed E-state index contributed by atoms with van der Waals surface area (Å²) in [5, 5.41) is 31.5. The zero-order valence-corrected chi connectivity index (χ0v) is 21.0. The second kappa shape index (κ2) is 15.7. The van der Waals surface area contributed by atoms with E-state index < -0.39 is 11.9 Å². The first-order chi connectivity index (χ1) is 18.2. The van der Waals surface area contributed by atoms with E-state index in [4.69, 9.17) is 21.8 Å². The number of benzene rings is 3. The van der Waals surface area contributed by atoms with Crippen molar-refractivity contribution in [3.05, 3.63) is 113 Å². The molecule has 9 nitrogen and oxygen atoms in total. The topological polar surface area (TPSA) is 153 Å². The average molecular weight is 539 g/mol. The Labute approximate surface area is 224 Å². The van der Waals surface area contributed by atoms with Crippen molar-refractivity contribution in [1.82, 2.24) is 5.32 Å². The second-order valence-electron chi connectivity index (χ2n) is 7.86. The molecule has 1 atom stereocenters. The van der Waals surface area contributed by atoms with E-state index in [-0.39, 0.29) is 30.8 Å². The molecule has 0 aromatic heterocycles. The van der Waals surface area contributed by atoms with Gasteiger partial charge in [-0.1, -0.05) is 72.3 Å². The zero-order valence-electron chi connectivity index (χ0n) is 20.2. The van der Waals surface area contributed by atoms with Crippen LogP contribution in [-0.2, 0) is 14.4 Å². The van der Waals surface area contributed by atoms with Crippen LogP contribution in [0.2, 0.25) is 5.02 Å². The normalized spacial score (nSPS) is 11.2. The maximum Gasteiger partial charge on any atom is 0.328 e. The molecule has 0 saturated carbocycles. The molecule has 3 rings (SSSR count). The van der Waals surface area contributed by atoms with Gasteiger partial charge in [0, 0.05) is 40.8 Å². The van der Waals surface area contributed by atoms with E-state index in [0.29, 0.717) is 40.5 Å². The molecule has 0 bridgehead atoms. The maximum atomic E-state index is 12.8. The van der Waals surface area contributed by atoms with Crippen molar-refractivity contribution in [3.63, 3.8) is 0 Å². The Hall–Kier alpha value is -4.31. The van der Waals surface area contributed by atoms with Gasteiger partial charge in [0.15, 0.2) is 5.78 Å². The fraction of sp³-hybridized carbons (Fsp3) is 0.143. The van der Waals surface area contributed by atoms with Crippen LogP contribution in [0.25, 0.3) is 0 Å². The number of aliphatic hydroxyl groups is 1. The molecule has 1 amide bonds. The number of carboxylic acid groups (broad SMARTS) is 2. The largest absolute Gasteiger partial charge is 0.478 e. The molecular weight excluding hydrogens is 512 g/mol. The van der Waals surface area contributed by atoms with E-state index in [1.807, 2.05) is 36.4 Å². The Kier molecular flexibility index (Phi) is 12.4. The van der Waals surface area contributed by atoms with Gasteiger partial charge in [0.1, 0.15) is 0 Å². The van der Waals surface area contributed by atoms with E-state index in [1.165, 1.54) is 0 Å². The van der Waals surface area contributed by atoms with Gasteiger partial charge in [0.05, 0.1) is 18.8 Å². The number of halogens is 1. The van der Waals surface area contributed by atoms with Crippen molar-refractivity contribution in [2.75, 3.05) is 25.0 Å². The minimum absolute atomic E-state index is 0.0223. The standard InChI is InChI=1S/C24H23ClN2O3.C4H4O4/c25-20-11-12-22(21(13-20)24(30)18-9-5-2-6-10-18)27-23(29)15-26-14-19(16-28)17-7-3-1-4-8-17;5-3(6)1-2-4(7)8/h1-13,19,26,28H,14-16H2,(H,27,29);1-2H,(H,5,6)(H,7,8)/b;2-1+. The van der Waals surface area contributed by atoms with Crippen LogP contribution in [0.4, 0.5) is 5.69 Å². The number of carbonyl (C=O) groups is 4. The maximum absolute atomic E-state index is 12.8. The molecule has 198 valence electrons. The molecule has 0 heterocycles. The molecule has 0 aliphatic carbocycles. The minimum Gasteiger partial charge on any atom is -0.478 e. The van der Waals surface area contributed by atoms with Crippen molar-refractivity contribution in [2.24, 2.45) is 0 Å². The molecule has 0 spiro atoms. The Balaban J connectivity index is 0.000000550. The lowest BCUT2D eigenvalue weighted by Gasteiger charge is -2.16. The first kappa shape index (κ1) is 29.9. The van der Waals surface area contributed by atoms with Crippen molar-refractivity contribution >= 4 is 40.9 Å². The molecule has 5 N–H and O–H groups in total. The van der Waals surface area contributed by atoms with Crippen LogP contribution in [0, 0.1) is 0 Å². The number of aliphatic hydroxyl groups excluding tert-OH is 1. The Morgan fingerprint density at radius 1 is 0.842 bits per heavy atom. The summed E-state index contributed by atoms with van der Waals surface area (Å²) in [5.74, 6) is -3.13. The number of ketones is 1. The number of amides is 1. The molecule has 0 saturated heterocycles. The van der Waals surface area contributed by atoms with Gasteiger partial charge in [-0.15, -0.1) is 0 Å². The summed E-state index contributed by atoms with van der Waals surface area (Å²) in [4.78, 5) is 44.4. The number of carbonyl (C=O) groups excluding carboxylic acids is 2. The molecule has 10 heteroatoms. The smallest absolute Gasteiger partial charge is 0.328 e. The molecule has 0 radical (unpaired) electrons. The van der Waals surface area contributed by atoms with Crippen molar-refractivity contribution in [1.29, 1.82) is 0 Å². The first-order valence-electron chi connectivity index (χ1n) is 11.4. The predicted molar refractivity (Wildman–Crippen MR) is 144 cm³/mol. The lowest BCUT2D eigenvalue weighted by molar-refractivity contribution is -0.134. The molecule has 1 unspecified atom stereocenters. The van der Waals surface area contributed by atoms with Gasteiger partial charge in [0.25, 0.3) is 0 Å². The third kappa shape index (κ3) is 10.4. The zero-order chi connectivity index (χ0) is 27.9. The fourth-order valence-electron chi connectivity index (χ4n) is 3.27. The highest BCUT2D eigenvalue weighted by Gasteiger charge is 2.16. The van der Waals surface area contributed by atoms with Crippen LogP contribution < -0.4 is 10.6 Å². The Morgan fingerprint density at radius 2 is 1.42 bits per heavy atom. The van der Waals surface area contributed by atoms with Crippen LogP contribution in [0.15, 0.2) is 91.0 Å². The highest BCUT2D eigenvalue weighted by Crippen LogP contribution is 2.23.